The molecule has 2 nitrogen and oxygen atoms in total. The van der Waals surface area contributed by atoms with E-state index in [1.807, 2.05) is 35.9 Å². The molecule has 0 fully saturated rings. The van der Waals surface area contributed by atoms with E-state index in [-0.39, 0.29) is 0 Å². The van der Waals surface area contributed by atoms with Gasteiger partial charge in [-0.2, -0.15) is 0 Å². The van der Waals surface area contributed by atoms with Crippen LogP contribution in [-0.4, -0.2) is 21.9 Å². The summed E-state index contributed by atoms with van der Waals surface area (Å²) in [6, 6.07) is 0. The molecule has 0 bridgehead atoms. The lowest BCUT2D eigenvalue weighted by Gasteiger charge is -2.02. The van der Waals surface area contributed by atoms with Crippen LogP contribution >= 0.6 is 23.5 Å². The summed E-state index contributed by atoms with van der Waals surface area (Å²) >= 11 is 3.65. The van der Waals surface area contributed by atoms with Crippen LogP contribution < -0.4 is 0 Å². The molecule has 2 rings (SSSR count). The fourth-order valence-electron chi connectivity index (χ4n) is 2.02. The summed E-state index contributed by atoms with van der Waals surface area (Å²) in [4.78, 5) is 5.62. The van der Waals surface area contributed by atoms with Crippen molar-refractivity contribution in [1.82, 2.24) is 9.38 Å². The molecule has 0 aliphatic carbocycles. The average molecular weight is 252 g/mol. The number of hydrogen-bond acceptors (Lipinski definition) is 3. The van der Waals surface area contributed by atoms with Crippen molar-refractivity contribution in [1.29, 1.82) is 0 Å². The fraction of sp³-hybridized carbons (Fsp3) is 0.417. The van der Waals surface area contributed by atoms with Crippen LogP contribution in [0.15, 0.2) is 28.5 Å². The second-order valence-corrected chi connectivity index (χ2v) is 5.21. The van der Waals surface area contributed by atoms with E-state index in [1.54, 1.807) is 0 Å². The molecule has 0 saturated heterocycles. The second-order valence-electron chi connectivity index (χ2n) is 3.60. The van der Waals surface area contributed by atoms with Gasteiger partial charge in [0, 0.05) is 17.3 Å². The van der Waals surface area contributed by atoms with Crippen molar-refractivity contribution in [3.05, 3.63) is 24.2 Å². The van der Waals surface area contributed by atoms with E-state index in [2.05, 4.69) is 35.0 Å². The highest BCUT2D eigenvalue weighted by atomic mass is 32.2. The molecule has 2 heterocycles. The highest BCUT2D eigenvalue weighted by Crippen LogP contribution is 2.36. The van der Waals surface area contributed by atoms with Gasteiger partial charge in [-0.15, -0.1) is 23.5 Å². The third-order valence-corrected chi connectivity index (χ3v) is 4.33. The zero-order chi connectivity index (χ0) is 11.5. The molecule has 0 aromatic carbocycles. The van der Waals surface area contributed by atoms with Crippen molar-refractivity contribution in [3.63, 3.8) is 0 Å². The summed E-state index contributed by atoms with van der Waals surface area (Å²) < 4.78 is 2.26. The third kappa shape index (κ3) is 1.84. The van der Waals surface area contributed by atoms with Gasteiger partial charge in [0.25, 0.3) is 0 Å². The number of hydrogen-bond donors (Lipinski definition) is 0. The highest BCUT2D eigenvalue weighted by Gasteiger charge is 2.15. The molecule has 0 radical (unpaired) electrons. The Bertz CT molecular complexity index is 450. The van der Waals surface area contributed by atoms with Crippen LogP contribution in [0.25, 0.3) is 5.52 Å². The van der Waals surface area contributed by atoms with Crippen molar-refractivity contribution >= 4 is 29.0 Å². The summed E-state index contributed by atoms with van der Waals surface area (Å²) in [5, 5.41) is 1.36. The largest absolute Gasteiger partial charge is 0.307 e. The first-order chi connectivity index (χ1) is 7.83. The maximum atomic E-state index is 4.23. The number of nitrogens with zero attached hydrogens (tertiary/aromatic N) is 2. The normalized spacial score (nSPS) is 11.2. The van der Waals surface area contributed by atoms with Gasteiger partial charge in [-0.3, -0.25) is 4.98 Å². The van der Waals surface area contributed by atoms with E-state index in [1.165, 1.54) is 27.4 Å². The molecule has 0 unspecified atom stereocenters. The van der Waals surface area contributed by atoms with E-state index in [4.69, 9.17) is 0 Å². The van der Waals surface area contributed by atoms with Gasteiger partial charge in [0.05, 0.1) is 16.7 Å². The van der Waals surface area contributed by atoms with Crippen LogP contribution in [0.2, 0.25) is 0 Å². The Balaban J connectivity index is 2.73. The first-order valence-electron chi connectivity index (χ1n) is 5.38. The summed E-state index contributed by atoms with van der Waals surface area (Å²) in [5.74, 6) is 0. The minimum absolute atomic E-state index is 1.15. The van der Waals surface area contributed by atoms with Crippen LogP contribution in [0.3, 0.4) is 0 Å². The zero-order valence-electron chi connectivity index (χ0n) is 9.86. The lowest BCUT2D eigenvalue weighted by atomic mass is 10.2. The summed E-state index contributed by atoms with van der Waals surface area (Å²) in [7, 11) is 0. The Labute approximate surface area is 105 Å². The standard InChI is InChI=1S/C12H16N2S2/c1-4-5-9-11(15-2)10-8-13-6-7-14(10)12(9)16-3/h6-8H,4-5H2,1-3H3. The molecule has 86 valence electrons. The van der Waals surface area contributed by atoms with Crippen LogP contribution in [0.4, 0.5) is 0 Å². The Kier molecular flexibility index (Phi) is 3.82. The molecule has 2 aromatic heterocycles. The molecule has 0 saturated carbocycles. The third-order valence-electron chi connectivity index (χ3n) is 2.64. The highest BCUT2D eigenvalue weighted by molar-refractivity contribution is 7.99. The molecule has 4 heteroatoms. The Morgan fingerprint density at radius 1 is 1.31 bits per heavy atom. The summed E-state index contributed by atoms with van der Waals surface area (Å²) in [6.07, 6.45) is 12.5. The number of thioether (sulfide) groups is 2. The van der Waals surface area contributed by atoms with E-state index >= 15 is 0 Å². The Hall–Kier alpha value is -0.610. The average Bonchev–Trinajstić information content (AvgIpc) is 2.62. The fourth-order valence-corrected chi connectivity index (χ4v) is 3.70. The predicted octanol–water partition coefficient (Wildman–Crippen LogP) is 3.73. The van der Waals surface area contributed by atoms with E-state index in [0.717, 1.165) is 6.42 Å². The van der Waals surface area contributed by atoms with Gasteiger partial charge < -0.3 is 4.40 Å². The maximum absolute atomic E-state index is 4.23. The van der Waals surface area contributed by atoms with Crippen LogP contribution in [-0.2, 0) is 6.42 Å². The predicted molar refractivity (Wildman–Crippen MR) is 72.7 cm³/mol. The molecule has 16 heavy (non-hydrogen) atoms. The summed E-state index contributed by atoms with van der Waals surface area (Å²) in [5.41, 5.74) is 2.72. The molecular weight excluding hydrogens is 236 g/mol. The molecule has 0 amide bonds. The van der Waals surface area contributed by atoms with Crippen molar-refractivity contribution in [2.45, 2.75) is 29.7 Å². The van der Waals surface area contributed by atoms with Gasteiger partial charge in [0.2, 0.25) is 0 Å². The second kappa shape index (κ2) is 5.15. The van der Waals surface area contributed by atoms with Crippen molar-refractivity contribution in [2.24, 2.45) is 0 Å². The van der Waals surface area contributed by atoms with Crippen LogP contribution in [0, 0.1) is 0 Å². The van der Waals surface area contributed by atoms with Crippen molar-refractivity contribution in [2.75, 3.05) is 12.5 Å². The minimum atomic E-state index is 1.15. The van der Waals surface area contributed by atoms with Gasteiger partial charge in [0.1, 0.15) is 0 Å². The number of aromatic nitrogens is 2. The number of fused-ring (bicyclic) bond motifs is 1. The molecule has 0 aliphatic heterocycles. The topological polar surface area (TPSA) is 17.3 Å². The van der Waals surface area contributed by atoms with Crippen molar-refractivity contribution in [3.8, 4) is 0 Å². The summed E-state index contributed by atoms with van der Waals surface area (Å²) in [6.45, 7) is 2.23. The zero-order valence-corrected chi connectivity index (χ0v) is 11.5. The van der Waals surface area contributed by atoms with Gasteiger partial charge in [-0.05, 0) is 24.5 Å². The maximum Gasteiger partial charge on any atom is 0.0836 e. The molecule has 2 aromatic rings. The molecule has 0 aliphatic rings. The lowest BCUT2D eigenvalue weighted by Crippen LogP contribution is -1.88. The van der Waals surface area contributed by atoms with Gasteiger partial charge in [-0.1, -0.05) is 13.3 Å². The molecular formula is C12H16N2S2. The van der Waals surface area contributed by atoms with Crippen molar-refractivity contribution < 1.29 is 0 Å². The van der Waals surface area contributed by atoms with Crippen LogP contribution in [0.1, 0.15) is 18.9 Å². The first-order valence-corrected chi connectivity index (χ1v) is 7.83. The smallest absolute Gasteiger partial charge is 0.0836 e. The minimum Gasteiger partial charge on any atom is -0.307 e. The van der Waals surface area contributed by atoms with Gasteiger partial charge in [-0.25, -0.2) is 0 Å². The lowest BCUT2D eigenvalue weighted by molar-refractivity contribution is 0.868. The van der Waals surface area contributed by atoms with E-state index < -0.39 is 0 Å². The van der Waals surface area contributed by atoms with Gasteiger partial charge in [0.15, 0.2) is 0 Å². The number of rotatable bonds is 4. The monoisotopic (exact) mass is 252 g/mol. The molecule has 0 atom stereocenters. The van der Waals surface area contributed by atoms with E-state index in [0.29, 0.717) is 0 Å². The first kappa shape index (κ1) is 11.9. The van der Waals surface area contributed by atoms with Crippen LogP contribution in [0.5, 0.6) is 0 Å². The van der Waals surface area contributed by atoms with E-state index in [9.17, 15) is 0 Å². The molecule has 0 N–H and O–H groups in total. The molecule has 0 spiro atoms. The Morgan fingerprint density at radius 3 is 2.75 bits per heavy atom. The Morgan fingerprint density at radius 2 is 2.12 bits per heavy atom. The van der Waals surface area contributed by atoms with Gasteiger partial charge >= 0.3 is 0 Å². The quantitative estimate of drug-likeness (QED) is 0.772. The SMILES string of the molecule is CCCc1c(SC)c2cnccn2c1SC.